The molecule has 5 aromatic rings. The van der Waals surface area contributed by atoms with E-state index in [0.717, 1.165) is 92.1 Å². The van der Waals surface area contributed by atoms with E-state index in [1.54, 1.807) is 36.0 Å². The number of nitrogens with one attached hydrogen (secondary N) is 2. The lowest BCUT2D eigenvalue weighted by molar-refractivity contribution is -0.134. The zero-order valence-electron chi connectivity index (χ0n) is 45.2. The number of likely N-dealkylation sites (N-methyl/N-ethyl adjacent to an activating group) is 1. The van der Waals surface area contributed by atoms with E-state index < -0.39 is 0 Å². The largest absolute Gasteiger partial charge is 0.394 e. The van der Waals surface area contributed by atoms with E-state index in [9.17, 15) is 19.2 Å². The van der Waals surface area contributed by atoms with Crippen molar-refractivity contribution in [3.63, 3.8) is 0 Å². The van der Waals surface area contributed by atoms with Crippen LogP contribution in [-0.2, 0) is 47.1 Å². The van der Waals surface area contributed by atoms with Gasteiger partial charge in [-0.05, 0) is 115 Å². The number of carbonyl (C=O) groups excluding carboxylic acids is 4. The van der Waals surface area contributed by atoms with Gasteiger partial charge in [0.05, 0.1) is 89.7 Å². The third-order valence-corrected chi connectivity index (χ3v) is 15.6. The third-order valence-electron chi connectivity index (χ3n) is 14.5. The summed E-state index contributed by atoms with van der Waals surface area (Å²) in [5.74, 6) is 0.318. The first kappa shape index (κ1) is 58.0. The minimum atomic E-state index is -0.244. The topological polar surface area (TPSA) is 175 Å². The van der Waals surface area contributed by atoms with Crippen molar-refractivity contribution in [2.45, 2.75) is 68.1 Å². The summed E-state index contributed by atoms with van der Waals surface area (Å²) >= 11 is 1.64. The summed E-state index contributed by atoms with van der Waals surface area (Å²) in [4.78, 5) is 67.6. The van der Waals surface area contributed by atoms with Crippen molar-refractivity contribution in [2.75, 3.05) is 129 Å². The molecule has 2 fully saturated rings. The second kappa shape index (κ2) is 30.8. The van der Waals surface area contributed by atoms with Gasteiger partial charge in [0.25, 0.3) is 11.8 Å². The van der Waals surface area contributed by atoms with Crippen LogP contribution in [0.1, 0.15) is 87.5 Å². The van der Waals surface area contributed by atoms with Crippen LogP contribution in [0, 0.1) is 0 Å². The Balaban J connectivity index is 0.752. The molecule has 0 spiro atoms. The summed E-state index contributed by atoms with van der Waals surface area (Å²) < 4.78 is 22.3. The molecule has 0 radical (unpaired) electrons. The molecule has 1 unspecified atom stereocenters. The summed E-state index contributed by atoms with van der Waals surface area (Å²) in [5.41, 5.74) is 8.43. The number of rotatable bonds is 28. The number of piperidine rings is 1. The van der Waals surface area contributed by atoms with Gasteiger partial charge in [-0.2, -0.15) is 0 Å². The number of amides is 4. The van der Waals surface area contributed by atoms with Crippen LogP contribution < -0.4 is 15.5 Å². The highest BCUT2D eigenvalue weighted by Crippen LogP contribution is 2.35. The van der Waals surface area contributed by atoms with Crippen molar-refractivity contribution in [1.82, 2.24) is 25.0 Å². The lowest BCUT2D eigenvalue weighted by Gasteiger charge is -2.34. The van der Waals surface area contributed by atoms with Crippen LogP contribution in [0.2, 0.25) is 0 Å². The Kier molecular flexibility index (Phi) is 22.9. The van der Waals surface area contributed by atoms with Crippen LogP contribution in [0.4, 0.5) is 11.4 Å². The Hall–Kier alpha value is -6.18. The van der Waals surface area contributed by atoms with Gasteiger partial charge >= 0.3 is 0 Å². The second-order valence-corrected chi connectivity index (χ2v) is 21.1. The van der Waals surface area contributed by atoms with E-state index in [-0.39, 0.29) is 42.7 Å². The van der Waals surface area contributed by atoms with Gasteiger partial charge in [-0.3, -0.25) is 29.1 Å². The van der Waals surface area contributed by atoms with E-state index in [1.165, 1.54) is 17.5 Å². The molecule has 2 aliphatic heterocycles. The zero-order chi connectivity index (χ0) is 54.3. The highest BCUT2D eigenvalue weighted by molar-refractivity contribution is 7.98. The molecule has 17 heteroatoms. The summed E-state index contributed by atoms with van der Waals surface area (Å²) in [6.07, 6.45) is 8.65. The van der Waals surface area contributed by atoms with Gasteiger partial charge < -0.3 is 49.4 Å². The van der Waals surface area contributed by atoms with Gasteiger partial charge in [0.15, 0.2) is 0 Å². The molecule has 3 heterocycles. The fourth-order valence-corrected chi connectivity index (χ4v) is 11.0. The Bertz CT molecular complexity index is 2730. The van der Waals surface area contributed by atoms with Crippen molar-refractivity contribution in [1.29, 1.82) is 0 Å². The van der Waals surface area contributed by atoms with Crippen molar-refractivity contribution in [3.05, 3.63) is 143 Å². The highest BCUT2D eigenvalue weighted by Gasteiger charge is 2.24. The maximum absolute atomic E-state index is 14.1. The molecule has 416 valence electrons. The monoisotopic (exact) mass is 1080 g/mol. The maximum Gasteiger partial charge on any atom is 0.255 e. The summed E-state index contributed by atoms with van der Waals surface area (Å²) in [6.45, 7) is 9.48. The lowest BCUT2D eigenvalue weighted by Crippen LogP contribution is -2.49. The van der Waals surface area contributed by atoms with Crippen LogP contribution in [0.5, 0.6) is 0 Å². The molecule has 0 bridgehead atoms. The fraction of sp³-hybridized carbons (Fsp3) is 0.459. The number of benzene rings is 4. The van der Waals surface area contributed by atoms with Crippen molar-refractivity contribution in [3.8, 4) is 11.3 Å². The number of pyridine rings is 1. The van der Waals surface area contributed by atoms with Gasteiger partial charge in [0.1, 0.15) is 0 Å². The number of aryl methyl sites for hydroxylation is 1. The molecule has 8 rings (SSSR count). The number of aromatic nitrogens is 1. The molecule has 0 saturated carbocycles. The van der Waals surface area contributed by atoms with Crippen LogP contribution in [0.3, 0.4) is 0 Å². The minimum Gasteiger partial charge on any atom is -0.394 e. The van der Waals surface area contributed by atoms with E-state index in [0.29, 0.717) is 107 Å². The summed E-state index contributed by atoms with van der Waals surface area (Å²) in [5, 5.41) is 15.3. The Morgan fingerprint density at radius 1 is 0.705 bits per heavy atom. The van der Waals surface area contributed by atoms with Gasteiger partial charge in [-0.1, -0.05) is 48.5 Å². The van der Waals surface area contributed by atoms with Crippen molar-refractivity contribution in [2.24, 2.45) is 0 Å². The molecule has 2 saturated heterocycles. The molecule has 78 heavy (non-hydrogen) atoms. The van der Waals surface area contributed by atoms with Crippen LogP contribution >= 0.6 is 11.8 Å². The molecule has 1 aliphatic carbocycles. The molecule has 3 aliphatic rings. The molecule has 1 atom stereocenters. The van der Waals surface area contributed by atoms with Crippen molar-refractivity contribution >= 4 is 46.8 Å². The highest BCUT2D eigenvalue weighted by atomic mass is 32.2. The number of hydrogen-bond donors (Lipinski definition) is 3. The molecule has 4 aromatic carbocycles. The number of piperazine rings is 1. The number of thioether (sulfide) groups is 1. The van der Waals surface area contributed by atoms with E-state index in [2.05, 4.69) is 50.8 Å². The van der Waals surface area contributed by atoms with Gasteiger partial charge in [-0.15, -0.1) is 11.8 Å². The number of fused-ring (bicyclic) bond motifs is 1. The second-order valence-electron chi connectivity index (χ2n) is 20.1. The fourth-order valence-electron chi connectivity index (χ4n) is 10.1. The summed E-state index contributed by atoms with van der Waals surface area (Å²) in [7, 11) is 1.78. The minimum absolute atomic E-state index is 0.00608. The van der Waals surface area contributed by atoms with Gasteiger partial charge in [0, 0.05) is 98.6 Å². The Morgan fingerprint density at radius 2 is 1.45 bits per heavy atom. The number of nitrogens with zero attached hydrogens (tertiary/aromatic N) is 5. The van der Waals surface area contributed by atoms with Crippen LogP contribution in [0.15, 0.2) is 114 Å². The molecule has 3 N–H and O–H groups in total. The number of aliphatic hydroxyl groups is 1. The first-order chi connectivity index (χ1) is 38.2. The molecular formula is C61H77N7O9S. The predicted octanol–water partition coefficient (Wildman–Crippen LogP) is 7.68. The molecule has 16 nitrogen and oxygen atoms in total. The lowest BCUT2D eigenvalue weighted by atomic mass is 9.87. The first-order valence-electron chi connectivity index (χ1n) is 27.7. The zero-order valence-corrected chi connectivity index (χ0v) is 46.0. The smallest absolute Gasteiger partial charge is 0.255 e. The SMILES string of the molecule is CN(CCOCCOCCOCCC(=O)N1CCN(CCOCCO)CC1)C(=O)Cc1cccc(SCc2cccc(C(=O)Nc3ccc(N4CCCCC4)cc3-c3cc(C(=O)NC4CCCc5ccccc54)ccn3)c2)c1. The van der Waals surface area contributed by atoms with Gasteiger partial charge in [0.2, 0.25) is 11.8 Å². The van der Waals surface area contributed by atoms with E-state index in [1.807, 2.05) is 71.6 Å². The van der Waals surface area contributed by atoms with E-state index >= 15 is 0 Å². The third kappa shape index (κ3) is 17.7. The molecular weight excluding hydrogens is 1010 g/mol. The first-order valence-corrected chi connectivity index (χ1v) is 28.7. The predicted molar refractivity (Wildman–Crippen MR) is 305 cm³/mol. The van der Waals surface area contributed by atoms with E-state index in [4.69, 9.17) is 29.0 Å². The summed E-state index contributed by atoms with van der Waals surface area (Å²) in [6, 6.07) is 33.6. The normalized spacial score (nSPS) is 15.6. The average Bonchev–Trinajstić information content (AvgIpc) is 3.50. The number of ether oxygens (including phenoxy) is 4. The van der Waals surface area contributed by atoms with Crippen LogP contribution in [0.25, 0.3) is 11.3 Å². The number of aliphatic hydroxyl groups excluding tert-OH is 1. The molecule has 4 amide bonds. The van der Waals surface area contributed by atoms with Gasteiger partial charge in [-0.25, -0.2) is 0 Å². The number of anilines is 2. The number of hydrogen-bond acceptors (Lipinski definition) is 13. The number of carbonyl (C=O) groups is 4. The van der Waals surface area contributed by atoms with Crippen LogP contribution in [-0.4, -0.2) is 167 Å². The quantitative estimate of drug-likeness (QED) is 0.0329. The average molecular weight is 1080 g/mol. The Labute approximate surface area is 464 Å². The molecule has 1 aromatic heterocycles. The Morgan fingerprint density at radius 3 is 2.27 bits per heavy atom. The standard InChI is InChI=1S/C61H77N7O9S/c1-65(29-33-76-37-39-77-38-36-74-32-21-58(70)68-27-25-66(26-28-68)30-34-75-35-31-69)59(71)42-46-10-8-15-52(41-46)78-45-47-11-7-14-49(40-47)60(72)64-56-19-18-51(67-23-5-2-6-24-67)44-54(56)57-43-50(20-22-62-57)61(73)63-55-17-9-13-48-12-3-4-16-53(48)55/h3-4,7-8,10-12,14-16,18-20,22,40-41,43-44,55,69H,2,5-6,9,13,17,21,23-39,42,45H2,1H3,(H,63,73)(H,64,72). The maximum atomic E-state index is 14.1. The van der Waals surface area contributed by atoms with Crippen molar-refractivity contribution < 1.29 is 43.2 Å².